The van der Waals surface area contributed by atoms with E-state index >= 15 is 0 Å². The number of aromatic amines is 2. The summed E-state index contributed by atoms with van der Waals surface area (Å²) in [6, 6.07) is 19.0. The molecule has 2 heterocycles. The summed E-state index contributed by atoms with van der Waals surface area (Å²) in [5.74, 6) is 0.118. The SMILES string of the molecule is CCCN=Cc1ccc(C(c2ccccc2)c2ccc(C=NCCC)[nH]2)[nH]1. The average molecular weight is 361 g/mol. The predicted molar refractivity (Wildman–Crippen MR) is 114 cm³/mol. The number of benzene rings is 1. The summed E-state index contributed by atoms with van der Waals surface area (Å²) in [5.41, 5.74) is 5.62. The molecular weight excluding hydrogens is 332 g/mol. The zero-order chi connectivity index (χ0) is 18.9. The van der Waals surface area contributed by atoms with Gasteiger partial charge in [-0.1, -0.05) is 44.2 Å². The average Bonchev–Trinajstić information content (AvgIpc) is 3.34. The second kappa shape index (κ2) is 9.72. The summed E-state index contributed by atoms with van der Waals surface area (Å²) in [4.78, 5) is 15.9. The van der Waals surface area contributed by atoms with Crippen LogP contribution in [-0.4, -0.2) is 35.5 Å². The lowest BCUT2D eigenvalue weighted by Gasteiger charge is -2.15. The van der Waals surface area contributed by atoms with Crippen LogP contribution in [0, 0.1) is 0 Å². The largest absolute Gasteiger partial charge is 0.357 e. The molecule has 3 rings (SSSR count). The molecule has 0 amide bonds. The molecular formula is C23H28N4. The van der Waals surface area contributed by atoms with E-state index in [1.54, 1.807) is 0 Å². The molecule has 3 aromatic rings. The van der Waals surface area contributed by atoms with Gasteiger partial charge in [0.1, 0.15) is 0 Å². The Kier molecular flexibility index (Phi) is 6.80. The lowest BCUT2D eigenvalue weighted by atomic mass is 9.93. The quantitative estimate of drug-likeness (QED) is 0.494. The normalized spacial score (nSPS) is 13.0. The number of H-pyrrole nitrogens is 2. The molecule has 0 unspecified atom stereocenters. The van der Waals surface area contributed by atoms with E-state index in [0.29, 0.717) is 0 Å². The Morgan fingerprint density at radius 1 is 0.741 bits per heavy atom. The fraction of sp³-hybridized carbons (Fsp3) is 0.304. The molecule has 1 aromatic carbocycles. The zero-order valence-electron chi connectivity index (χ0n) is 16.2. The maximum Gasteiger partial charge on any atom is 0.0641 e. The summed E-state index contributed by atoms with van der Waals surface area (Å²) in [7, 11) is 0. The van der Waals surface area contributed by atoms with Crippen LogP contribution in [0.4, 0.5) is 0 Å². The molecule has 2 N–H and O–H groups in total. The zero-order valence-corrected chi connectivity index (χ0v) is 16.2. The Morgan fingerprint density at radius 2 is 1.26 bits per heavy atom. The van der Waals surface area contributed by atoms with Crippen molar-refractivity contribution in [3.63, 3.8) is 0 Å². The molecule has 0 fully saturated rings. The van der Waals surface area contributed by atoms with Crippen LogP contribution in [0.1, 0.15) is 60.9 Å². The smallest absolute Gasteiger partial charge is 0.0641 e. The summed E-state index contributed by atoms with van der Waals surface area (Å²) in [5, 5.41) is 0. The van der Waals surface area contributed by atoms with E-state index in [1.807, 2.05) is 12.4 Å². The molecule has 27 heavy (non-hydrogen) atoms. The van der Waals surface area contributed by atoms with Gasteiger partial charge in [0.2, 0.25) is 0 Å². The van der Waals surface area contributed by atoms with E-state index in [0.717, 1.165) is 48.7 Å². The van der Waals surface area contributed by atoms with E-state index in [9.17, 15) is 0 Å². The van der Waals surface area contributed by atoms with Crippen molar-refractivity contribution in [2.24, 2.45) is 9.98 Å². The van der Waals surface area contributed by atoms with Crippen LogP contribution in [0.25, 0.3) is 0 Å². The fourth-order valence-electron chi connectivity index (χ4n) is 3.10. The Hall–Kier alpha value is -2.88. The van der Waals surface area contributed by atoms with Crippen molar-refractivity contribution in [3.05, 3.63) is 82.9 Å². The molecule has 0 atom stereocenters. The minimum absolute atomic E-state index is 0.118. The van der Waals surface area contributed by atoms with Crippen molar-refractivity contribution in [1.82, 2.24) is 9.97 Å². The monoisotopic (exact) mass is 360 g/mol. The minimum atomic E-state index is 0.118. The minimum Gasteiger partial charge on any atom is -0.357 e. The van der Waals surface area contributed by atoms with Crippen molar-refractivity contribution in [2.45, 2.75) is 32.6 Å². The van der Waals surface area contributed by atoms with Gasteiger partial charge < -0.3 is 9.97 Å². The van der Waals surface area contributed by atoms with Gasteiger partial charge in [0.15, 0.2) is 0 Å². The molecule has 0 saturated heterocycles. The summed E-state index contributed by atoms with van der Waals surface area (Å²) in [6.45, 7) is 5.98. The van der Waals surface area contributed by atoms with Crippen LogP contribution in [-0.2, 0) is 0 Å². The maximum absolute atomic E-state index is 4.44. The molecule has 4 heteroatoms. The summed E-state index contributed by atoms with van der Waals surface area (Å²) < 4.78 is 0. The highest BCUT2D eigenvalue weighted by Gasteiger charge is 2.19. The maximum atomic E-state index is 4.44. The number of hydrogen-bond acceptors (Lipinski definition) is 2. The third-order valence-electron chi connectivity index (χ3n) is 4.38. The predicted octanol–water partition coefficient (Wildman–Crippen LogP) is 5.18. The van der Waals surface area contributed by atoms with Crippen molar-refractivity contribution in [3.8, 4) is 0 Å². The van der Waals surface area contributed by atoms with Gasteiger partial charge in [-0.3, -0.25) is 9.98 Å². The van der Waals surface area contributed by atoms with Crippen LogP contribution in [0.15, 0.2) is 64.6 Å². The molecule has 140 valence electrons. The molecule has 0 radical (unpaired) electrons. The standard InChI is InChI=1S/C23H28N4/c1-3-14-24-16-19-10-12-21(26-19)23(18-8-6-5-7-9-18)22-13-11-20(27-22)17-25-15-4-2/h5-13,16-17,23,26-27H,3-4,14-15H2,1-2H3. The van der Waals surface area contributed by atoms with Crippen molar-refractivity contribution in [2.75, 3.05) is 13.1 Å². The van der Waals surface area contributed by atoms with Gasteiger partial charge in [0, 0.05) is 36.9 Å². The van der Waals surface area contributed by atoms with Crippen LogP contribution < -0.4 is 0 Å². The van der Waals surface area contributed by atoms with Crippen LogP contribution in [0.3, 0.4) is 0 Å². The van der Waals surface area contributed by atoms with Gasteiger partial charge in [-0.15, -0.1) is 0 Å². The first kappa shape index (κ1) is 18.9. The van der Waals surface area contributed by atoms with E-state index in [-0.39, 0.29) is 5.92 Å². The third-order valence-corrected chi connectivity index (χ3v) is 4.38. The lowest BCUT2D eigenvalue weighted by molar-refractivity contribution is 0.894. The Balaban J connectivity index is 1.91. The Labute approximate surface area is 161 Å². The first-order valence-corrected chi connectivity index (χ1v) is 9.74. The van der Waals surface area contributed by atoms with Gasteiger partial charge >= 0.3 is 0 Å². The van der Waals surface area contributed by atoms with Crippen molar-refractivity contribution < 1.29 is 0 Å². The topological polar surface area (TPSA) is 56.3 Å². The fourth-order valence-corrected chi connectivity index (χ4v) is 3.10. The van der Waals surface area contributed by atoms with Crippen molar-refractivity contribution in [1.29, 1.82) is 0 Å². The van der Waals surface area contributed by atoms with E-state index in [2.05, 4.69) is 88.4 Å². The van der Waals surface area contributed by atoms with Gasteiger partial charge in [0.25, 0.3) is 0 Å². The second-order valence-electron chi connectivity index (χ2n) is 6.65. The molecule has 0 aliphatic carbocycles. The number of nitrogens with zero attached hydrogens (tertiary/aromatic N) is 2. The third kappa shape index (κ3) is 5.07. The number of rotatable bonds is 9. The van der Waals surface area contributed by atoms with Crippen LogP contribution >= 0.6 is 0 Å². The molecule has 0 bridgehead atoms. The van der Waals surface area contributed by atoms with Gasteiger partial charge in [-0.25, -0.2) is 0 Å². The highest BCUT2D eigenvalue weighted by atomic mass is 14.8. The summed E-state index contributed by atoms with van der Waals surface area (Å²) in [6.07, 6.45) is 5.96. The second-order valence-corrected chi connectivity index (χ2v) is 6.65. The summed E-state index contributed by atoms with van der Waals surface area (Å²) >= 11 is 0. The number of aliphatic imine (C=N–C) groups is 2. The van der Waals surface area contributed by atoms with Gasteiger partial charge in [0.05, 0.1) is 17.3 Å². The highest BCUT2D eigenvalue weighted by Crippen LogP contribution is 2.30. The van der Waals surface area contributed by atoms with E-state index in [1.165, 1.54) is 5.56 Å². The van der Waals surface area contributed by atoms with E-state index < -0.39 is 0 Å². The number of nitrogens with one attached hydrogen (secondary N) is 2. The molecule has 0 aliphatic rings. The molecule has 0 spiro atoms. The number of hydrogen-bond donors (Lipinski definition) is 2. The molecule has 4 nitrogen and oxygen atoms in total. The van der Waals surface area contributed by atoms with Crippen LogP contribution in [0.5, 0.6) is 0 Å². The lowest BCUT2D eigenvalue weighted by Crippen LogP contribution is -2.05. The number of aromatic nitrogens is 2. The molecule has 2 aromatic heterocycles. The van der Waals surface area contributed by atoms with E-state index in [4.69, 9.17) is 0 Å². The van der Waals surface area contributed by atoms with Gasteiger partial charge in [-0.05, 0) is 42.7 Å². The highest BCUT2D eigenvalue weighted by molar-refractivity contribution is 5.78. The first-order chi connectivity index (χ1) is 13.3. The van der Waals surface area contributed by atoms with Crippen molar-refractivity contribution >= 4 is 12.4 Å². The molecule has 0 aliphatic heterocycles. The van der Waals surface area contributed by atoms with Gasteiger partial charge in [-0.2, -0.15) is 0 Å². The van der Waals surface area contributed by atoms with Crippen LogP contribution in [0.2, 0.25) is 0 Å². The molecule has 0 saturated carbocycles. The Bertz CT molecular complexity index is 816. The first-order valence-electron chi connectivity index (χ1n) is 9.74. The Morgan fingerprint density at radius 3 is 1.74 bits per heavy atom.